The summed E-state index contributed by atoms with van der Waals surface area (Å²) in [7, 11) is 0. The molecule has 0 saturated heterocycles. The highest BCUT2D eigenvalue weighted by Crippen LogP contribution is 2.29. The van der Waals surface area contributed by atoms with Gasteiger partial charge in [0.2, 0.25) is 0 Å². The van der Waals surface area contributed by atoms with Crippen LogP contribution in [-0.4, -0.2) is 28.4 Å². The van der Waals surface area contributed by atoms with Crippen LogP contribution in [0.25, 0.3) is 0 Å². The second-order valence-electron chi connectivity index (χ2n) is 6.59. The zero-order valence-corrected chi connectivity index (χ0v) is 15.1. The standard InChI is InChI=1S/C23H19NO4/c25-20(14-24-22(26)17-10-4-5-11-18(17)23(24)27)19-12-6-7-13-21(19)28-15-16-8-2-1-3-9-16/h1-13,20,25H,14-15H2. The maximum atomic E-state index is 12.5. The molecule has 0 bridgehead atoms. The molecule has 1 aliphatic heterocycles. The number of β-amino-alcohol motifs (C(OH)–C–C–N with tert-alkyl or cyclic N) is 1. The predicted octanol–water partition coefficient (Wildman–Crippen LogP) is 3.60. The van der Waals surface area contributed by atoms with Gasteiger partial charge in [-0.05, 0) is 23.8 Å². The number of carbonyl (C=O) groups is 2. The largest absolute Gasteiger partial charge is 0.489 e. The van der Waals surface area contributed by atoms with E-state index in [9.17, 15) is 14.7 Å². The van der Waals surface area contributed by atoms with Gasteiger partial charge in [-0.15, -0.1) is 0 Å². The number of fused-ring (bicyclic) bond motifs is 1. The number of benzene rings is 3. The summed E-state index contributed by atoms with van der Waals surface area (Å²) in [6.45, 7) is 0.232. The SMILES string of the molecule is O=C1c2ccccc2C(=O)N1CC(O)c1ccccc1OCc1ccccc1. The van der Waals surface area contributed by atoms with Crippen molar-refractivity contribution in [2.75, 3.05) is 6.54 Å². The molecule has 4 rings (SSSR count). The second-order valence-corrected chi connectivity index (χ2v) is 6.59. The smallest absolute Gasteiger partial charge is 0.261 e. The van der Waals surface area contributed by atoms with Gasteiger partial charge in [-0.1, -0.05) is 60.7 Å². The number of hydrogen-bond donors (Lipinski definition) is 1. The molecule has 0 aliphatic carbocycles. The van der Waals surface area contributed by atoms with E-state index in [2.05, 4.69) is 0 Å². The van der Waals surface area contributed by atoms with Crippen LogP contribution < -0.4 is 4.74 Å². The van der Waals surface area contributed by atoms with Gasteiger partial charge in [-0.2, -0.15) is 0 Å². The molecular weight excluding hydrogens is 354 g/mol. The van der Waals surface area contributed by atoms with E-state index in [-0.39, 0.29) is 18.4 Å². The minimum absolute atomic E-state index is 0.127. The van der Waals surface area contributed by atoms with Crippen LogP contribution in [0.2, 0.25) is 0 Å². The Labute approximate surface area is 162 Å². The van der Waals surface area contributed by atoms with Crippen molar-refractivity contribution >= 4 is 11.8 Å². The van der Waals surface area contributed by atoms with Crippen LogP contribution in [-0.2, 0) is 6.61 Å². The van der Waals surface area contributed by atoms with Crippen molar-refractivity contribution in [1.29, 1.82) is 0 Å². The summed E-state index contributed by atoms with van der Waals surface area (Å²) in [5.41, 5.74) is 2.28. The number of para-hydroxylation sites is 1. The van der Waals surface area contributed by atoms with Crippen molar-refractivity contribution in [3.05, 3.63) is 101 Å². The van der Waals surface area contributed by atoms with Gasteiger partial charge in [0.1, 0.15) is 18.5 Å². The fraction of sp³-hybridized carbons (Fsp3) is 0.130. The third kappa shape index (κ3) is 3.40. The van der Waals surface area contributed by atoms with E-state index in [0.29, 0.717) is 29.0 Å². The Morgan fingerprint density at radius 3 is 2.04 bits per heavy atom. The lowest BCUT2D eigenvalue weighted by atomic mass is 10.1. The van der Waals surface area contributed by atoms with Gasteiger partial charge in [0.15, 0.2) is 0 Å². The first-order valence-electron chi connectivity index (χ1n) is 9.04. The molecule has 28 heavy (non-hydrogen) atoms. The van der Waals surface area contributed by atoms with Gasteiger partial charge in [0, 0.05) is 5.56 Å². The normalized spacial score (nSPS) is 14.1. The van der Waals surface area contributed by atoms with Crippen LogP contribution in [0.5, 0.6) is 5.75 Å². The Morgan fingerprint density at radius 2 is 1.36 bits per heavy atom. The molecule has 0 saturated carbocycles. The quantitative estimate of drug-likeness (QED) is 0.671. The van der Waals surface area contributed by atoms with Crippen molar-refractivity contribution in [3.63, 3.8) is 0 Å². The van der Waals surface area contributed by atoms with Crippen LogP contribution in [0.1, 0.15) is 37.9 Å². The molecule has 1 unspecified atom stereocenters. The third-order valence-electron chi connectivity index (χ3n) is 4.75. The number of imide groups is 1. The summed E-state index contributed by atoms with van der Waals surface area (Å²) < 4.78 is 5.88. The molecule has 1 aliphatic rings. The average Bonchev–Trinajstić information content (AvgIpc) is 2.98. The van der Waals surface area contributed by atoms with Crippen LogP contribution in [0.15, 0.2) is 78.9 Å². The van der Waals surface area contributed by atoms with Gasteiger partial charge in [-0.3, -0.25) is 14.5 Å². The molecule has 140 valence electrons. The lowest BCUT2D eigenvalue weighted by molar-refractivity contribution is 0.0539. The molecule has 0 fully saturated rings. The highest BCUT2D eigenvalue weighted by molar-refractivity contribution is 6.21. The molecule has 5 heteroatoms. The number of aliphatic hydroxyl groups is 1. The van der Waals surface area contributed by atoms with Gasteiger partial charge in [0.05, 0.1) is 17.7 Å². The number of carbonyl (C=O) groups excluding carboxylic acids is 2. The fourth-order valence-corrected chi connectivity index (χ4v) is 3.30. The number of ether oxygens (including phenoxy) is 1. The van der Waals surface area contributed by atoms with Crippen molar-refractivity contribution in [2.45, 2.75) is 12.7 Å². The van der Waals surface area contributed by atoms with E-state index in [4.69, 9.17) is 4.74 Å². The minimum Gasteiger partial charge on any atom is -0.489 e. The molecule has 0 spiro atoms. The Balaban J connectivity index is 1.51. The molecule has 0 radical (unpaired) electrons. The average molecular weight is 373 g/mol. The predicted molar refractivity (Wildman–Crippen MR) is 104 cm³/mol. The maximum absolute atomic E-state index is 12.5. The molecule has 1 atom stereocenters. The fourth-order valence-electron chi connectivity index (χ4n) is 3.30. The Hall–Kier alpha value is -3.44. The molecular formula is C23H19NO4. The summed E-state index contributed by atoms with van der Waals surface area (Å²) in [6.07, 6.45) is -1.05. The number of amides is 2. The van der Waals surface area contributed by atoms with E-state index < -0.39 is 6.10 Å². The summed E-state index contributed by atoms with van der Waals surface area (Å²) in [5.74, 6) is -0.250. The monoisotopic (exact) mass is 373 g/mol. The molecule has 2 amide bonds. The first-order valence-corrected chi connectivity index (χ1v) is 9.04. The topological polar surface area (TPSA) is 66.8 Å². The van der Waals surface area contributed by atoms with Crippen LogP contribution in [0, 0.1) is 0 Å². The number of hydrogen-bond acceptors (Lipinski definition) is 4. The molecule has 3 aromatic carbocycles. The Bertz CT molecular complexity index is 981. The highest BCUT2D eigenvalue weighted by atomic mass is 16.5. The Morgan fingerprint density at radius 1 is 0.786 bits per heavy atom. The Kier molecular flexibility index (Phi) is 4.91. The molecule has 1 N–H and O–H groups in total. The summed E-state index contributed by atoms with van der Waals surface area (Å²) in [6, 6.07) is 23.5. The van der Waals surface area contributed by atoms with Crippen molar-refractivity contribution < 1.29 is 19.4 Å². The van der Waals surface area contributed by atoms with E-state index >= 15 is 0 Å². The van der Waals surface area contributed by atoms with E-state index in [1.165, 1.54) is 0 Å². The first-order chi connectivity index (χ1) is 13.6. The minimum atomic E-state index is -1.05. The van der Waals surface area contributed by atoms with Gasteiger partial charge < -0.3 is 9.84 Å². The first kappa shape index (κ1) is 17.9. The summed E-state index contributed by atoms with van der Waals surface area (Å²) in [4.78, 5) is 26.2. The zero-order chi connectivity index (χ0) is 19.5. The van der Waals surface area contributed by atoms with Gasteiger partial charge in [0.25, 0.3) is 11.8 Å². The van der Waals surface area contributed by atoms with Crippen LogP contribution >= 0.6 is 0 Å². The lowest BCUT2D eigenvalue weighted by Gasteiger charge is -2.21. The number of aliphatic hydroxyl groups excluding tert-OH is 1. The van der Waals surface area contributed by atoms with E-state index in [1.807, 2.05) is 36.4 Å². The van der Waals surface area contributed by atoms with Crippen LogP contribution in [0.4, 0.5) is 0 Å². The van der Waals surface area contributed by atoms with Crippen molar-refractivity contribution in [2.24, 2.45) is 0 Å². The maximum Gasteiger partial charge on any atom is 0.261 e. The van der Waals surface area contributed by atoms with E-state index in [1.54, 1.807) is 42.5 Å². The summed E-state index contributed by atoms with van der Waals surface area (Å²) >= 11 is 0. The highest BCUT2D eigenvalue weighted by Gasteiger charge is 2.36. The molecule has 0 aromatic heterocycles. The second kappa shape index (κ2) is 7.66. The lowest BCUT2D eigenvalue weighted by Crippen LogP contribution is -2.34. The summed E-state index contributed by atoms with van der Waals surface area (Å²) in [5, 5.41) is 10.7. The van der Waals surface area contributed by atoms with Crippen molar-refractivity contribution in [1.82, 2.24) is 4.90 Å². The van der Waals surface area contributed by atoms with Gasteiger partial charge >= 0.3 is 0 Å². The van der Waals surface area contributed by atoms with Crippen LogP contribution in [0.3, 0.4) is 0 Å². The molecule has 3 aromatic rings. The number of nitrogens with zero attached hydrogens (tertiary/aromatic N) is 1. The zero-order valence-electron chi connectivity index (χ0n) is 15.1. The molecule has 5 nitrogen and oxygen atoms in total. The molecule has 1 heterocycles. The van der Waals surface area contributed by atoms with E-state index in [0.717, 1.165) is 10.5 Å². The van der Waals surface area contributed by atoms with Gasteiger partial charge in [-0.25, -0.2) is 0 Å². The van der Waals surface area contributed by atoms with Crippen molar-refractivity contribution in [3.8, 4) is 5.75 Å². The third-order valence-corrected chi connectivity index (χ3v) is 4.75. The number of rotatable bonds is 6.